The largest absolute Gasteiger partial charge is 0.272 e. The molecule has 1 aromatic heterocycles. The van der Waals surface area contributed by atoms with Crippen LogP contribution in [0.1, 0.15) is 11.8 Å². The van der Waals surface area contributed by atoms with Gasteiger partial charge in [0.1, 0.15) is 0 Å². The SMILES string of the molecule is CSC(=NC(C)Cc1cccs1)NC#N. The summed E-state index contributed by atoms with van der Waals surface area (Å²) < 4.78 is 0. The van der Waals surface area contributed by atoms with E-state index in [1.807, 2.05) is 18.5 Å². The first-order chi connectivity index (χ1) is 7.26. The molecular formula is C10H13N3S2. The van der Waals surface area contributed by atoms with Gasteiger partial charge in [0.05, 0.1) is 6.04 Å². The summed E-state index contributed by atoms with van der Waals surface area (Å²) in [6.45, 7) is 2.05. The highest BCUT2D eigenvalue weighted by Gasteiger charge is 2.04. The summed E-state index contributed by atoms with van der Waals surface area (Å²) in [5, 5.41) is 13.8. The number of aliphatic imine (C=N–C) groups is 1. The molecule has 0 fully saturated rings. The number of amidine groups is 1. The molecule has 5 heteroatoms. The van der Waals surface area contributed by atoms with E-state index >= 15 is 0 Å². The van der Waals surface area contributed by atoms with Crippen molar-refractivity contribution in [3.05, 3.63) is 22.4 Å². The summed E-state index contributed by atoms with van der Waals surface area (Å²) in [5.74, 6) is 0. The summed E-state index contributed by atoms with van der Waals surface area (Å²) in [6.07, 6.45) is 4.71. The van der Waals surface area contributed by atoms with E-state index in [4.69, 9.17) is 5.26 Å². The zero-order valence-electron chi connectivity index (χ0n) is 8.73. The van der Waals surface area contributed by atoms with Crippen LogP contribution in [0, 0.1) is 11.5 Å². The number of hydrogen-bond donors (Lipinski definition) is 1. The number of rotatable bonds is 3. The molecule has 0 aliphatic rings. The van der Waals surface area contributed by atoms with Gasteiger partial charge >= 0.3 is 0 Å². The molecule has 0 aromatic carbocycles. The lowest BCUT2D eigenvalue weighted by atomic mass is 10.2. The highest BCUT2D eigenvalue weighted by atomic mass is 32.2. The summed E-state index contributed by atoms with van der Waals surface area (Å²) in [4.78, 5) is 5.74. The molecule has 1 atom stereocenters. The van der Waals surface area contributed by atoms with Crippen LogP contribution in [0.15, 0.2) is 22.5 Å². The molecule has 80 valence electrons. The third-order valence-corrected chi connectivity index (χ3v) is 3.26. The van der Waals surface area contributed by atoms with Crippen molar-refractivity contribution in [1.82, 2.24) is 5.32 Å². The molecule has 1 heterocycles. The van der Waals surface area contributed by atoms with Crippen LogP contribution in [0.25, 0.3) is 0 Å². The van der Waals surface area contributed by atoms with Crippen LogP contribution < -0.4 is 5.32 Å². The predicted molar refractivity (Wildman–Crippen MR) is 67.2 cm³/mol. The third kappa shape index (κ3) is 4.36. The first-order valence-corrected chi connectivity index (χ1v) is 6.66. The van der Waals surface area contributed by atoms with E-state index in [1.165, 1.54) is 16.6 Å². The number of nitriles is 1. The van der Waals surface area contributed by atoms with Crippen molar-refractivity contribution in [3.63, 3.8) is 0 Å². The fourth-order valence-electron chi connectivity index (χ4n) is 1.15. The van der Waals surface area contributed by atoms with Crippen LogP contribution in [0.3, 0.4) is 0 Å². The van der Waals surface area contributed by atoms with E-state index in [0.29, 0.717) is 5.17 Å². The van der Waals surface area contributed by atoms with Crippen LogP contribution in [0.4, 0.5) is 0 Å². The van der Waals surface area contributed by atoms with Crippen LogP contribution in [0.5, 0.6) is 0 Å². The van der Waals surface area contributed by atoms with E-state index in [-0.39, 0.29) is 6.04 Å². The Morgan fingerprint density at radius 2 is 2.60 bits per heavy atom. The summed E-state index contributed by atoms with van der Waals surface area (Å²) >= 11 is 3.19. The molecule has 0 aliphatic heterocycles. The Morgan fingerprint density at radius 3 is 3.13 bits per heavy atom. The third-order valence-electron chi connectivity index (χ3n) is 1.77. The lowest BCUT2D eigenvalue weighted by molar-refractivity contribution is 0.748. The second kappa shape index (κ2) is 6.49. The smallest absolute Gasteiger partial charge is 0.183 e. The van der Waals surface area contributed by atoms with Crippen LogP contribution in [0.2, 0.25) is 0 Å². The van der Waals surface area contributed by atoms with Crippen LogP contribution in [-0.4, -0.2) is 17.5 Å². The second-order valence-corrected chi connectivity index (χ2v) is 4.83. The van der Waals surface area contributed by atoms with E-state index in [9.17, 15) is 0 Å². The number of nitrogens with zero attached hydrogens (tertiary/aromatic N) is 2. The normalized spacial score (nSPS) is 13.3. The lowest BCUT2D eigenvalue weighted by Gasteiger charge is -2.06. The van der Waals surface area contributed by atoms with Crippen LogP contribution >= 0.6 is 23.1 Å². The molecule has 0 spiro atoms. The van der Waals surface area contributed by atoms with Crippen molar-refractivity contribution in [1.29, 1.82) is 5.26 Å². The highest BCUT2D eigenvalue weighted by molar-refractivity contribution is 8.13. The zero-order chi connectivity index (χ0) is 11.1. The summed E-state index contributed by atoms with van der Waals surface area (Å²) in [6, 6.07) is 4.35. The summed E-state index contributed by atoms with van der Waals surface area (Å²) in [5.41, 5.74) is 0. The minimum absolute atomic E-state index is 0.201. The van der Waals surface area contributed by atoms with Gasteiger partial charge in [0.25, 0.3) is 0 Å². The van der Waals surface area contributed by atoms with Gasteiger partial charge in [0, 0.05) is 11.3 Å². The van der Waals surface area contributed by atoms with Gasteiger partial charge in [-0.05, 0) is 24.6 Å². The molecule has 15 heavy (non-hydrogen) atoms. The average molecular weight is 239 g/mol. The summed E-state index contributed by atoms with van der Waals surface area (Å²) in [7, 11) is 0. The molecule has 0 saturated carbocycles. The Morgan fingerprint density at radius 1 is 1.80 bits per heavy atom. The molecular weight excluding hydrogens is 226 g/mol. The fourth-order valence-corrected chi connectivity index (χ4v) is 2.41. The molecule has 0 bridgehead atoms. The van der Waals surface area contributed by atoms with Crippen molar-refractivity contribution < 1.29 is 0 Å². The Hall–Kier alpha value is -0.990. The molecule has 0 amide bonds. The van der Waals surface area contributed by atoms with E-state index in [2.05, 4.69) is 28.7 Å². The van der Waals surface area contributed by atoms with Crippen molar-refractivity contribution in [3.8, 4) is 6.19 Å². The van der Waals surface area contributed by atoms with Crippen molar-refractivity contribution in [2.75, 3.05) is 6.26 Å². The standard InChI is InChI=1S/C10H13N3S2/c1-8(6-9-4-3-5-15-9)13-10(14-2)12-7-11/h3-5,8H,6H2,1-2H3,(H,12,13). The predicted octanol–water partition coefficient (Wildman–Crippen LogP) is 2.47. The fraction of sp³-hybridized carbons (Fsp3) is 0.400. The van der Waals surface area contributed by atoms with Crippen molar-refractivity contribution in [2.24, 2.45) is 4.99 Å². The molecule has 1 rings (SSSR count). The highest BCUT2D eigenvalue weighted by Crippen LogP contribution is 2.13. The maximum absolute atomic E-state index is 8.48. The topological polar surface area (TPSA) is 48.2 Å². The quantitative estimate of drug-likeness (QED) is 0.381. The van der Waals surface area contributed by atoms with Gasteiger partial charge in [-0.25, -0.2) is 0 Å². The van der Waals surface area contributed by atoms with Gasteiger partial charge in [-0.3, -0.25) is 10.3 Å². The Labute approximate surface area is 98.2 Å². The zero-order valence-corrected chi connectivity index (χ0v) is 10.4. The van der Waals surface area contributed by atoms with Gasteiger partial charge in [-0.15, -0.1) is 11.3 Å². The molecule has 0 radical (unpaired) electrons. The lowest BCUT2D eigenvalue weighted by Crippen LogP contribution is -2.17. The average Bonchev–Trinajstić information content (AvgIpc) is 2.69. The van der Waals surface area contributed by atoms with Gasteiger partial charge in [0.2, 0.25) is 0 Å². The first kappa shape index (κ1) is 12.1. The maximum atomic E-state index is 8.48. The number of nitrogens with one attached hydrogen (secondary N) is 1. The molecule has 1 N–H and O–H groups in total. The Bertz CT molecular complexity index is 351. The molecule has 1 unspecified atom stereocenters. The van der Waals surface area contributed by atoms with Crippen molar-refractivity contribution >= 4 is 28.3 Å². The maximum Gasteiger partial charge on any atom is 0.183 e. The van der Waals surface area contributed by atoms with Gasteiger partial charge in [-0.1, -0.05) is 17.8 Å². The van der Waals surface area contributed by atoms with E-state index in [1.54, 1.807) is 11.3 Å². The molecule has 0 saturated heterocycles. The number of hydrogen-bond acceptors (Lipinski definition) is 4. The van der Waals surface area contributed by atoms with Gasteiger partial charge in [0.15, 0.2) is 11.4 Å². The van der Waals surface area contributed by atoms with E-state index in [0.717, 1.165) is 6.42 Å². The molecule has 0 aliphatic carbocycles. The first-order valence-electron chi connectivity index (χ1n) is 4.55. The second-order valence-electron chi connectivity index (χ2n) is 3.01. The van der Waals surface area contributed by atoms with Crippen molar-refractivity contribution in [2.45, 2.75) is 19.4 Å². The minimum Gasteiger partial charge on any atom is -0.272 e. The van der Waals surface area contributed by atoms with Gasteiger partial charge in [-0.2, -0.15) is 5.26 Å². The minimum atomic E-state index is 0.201. The number of thiophene rings is 1. The Kier molecular flexibility index (Phi) is 5.22. The van der Waals surface area contributed by atoms with Crippen LogP contribution in [-0.2, 0) is 6.42 Å². The Balaban J connectivity index is 2.53. The molecule has 3 nitrogen and oxygen atoms in total. The monoisotopic (exact) mass is 239 g/mol. The molecule has 1 aromatic rings. The number of thioether (sulfide) groups is 1. The van der Waals surface area contributed by atoms with Gasteiger partial charge < -0.3 is 0 Å². The van der Waals surface area contributed by atoms with E-state index < -0.39 is 0 Å².